The number of rotatable bonds is 6. The fourth-order valence-electron chi connectivity index (χ4n) is 0.948. The second kappa shape index (κ2) is 6.86. The minimum Gasteiger partial charge on any atom is -0.385 e. The molecule has 4 heteroatoms. The van der Waals surface area contributed by atoms with E-state index in [2.05, 4.69) is 0 Å². The van der Waals surface area contributed by atoms with Crippen LogP contribution < -0.4 is 5.73 Å². The van der Waals surface area contributed by atoms with Crippen molar-refractivity contribution >= 4 is 5.91 Å². The molecule has 0 aromatic carbocycles. The van der Waals surface area contributed by atoms with E-state index < -0.39 is 0 Å². The van der Waals surface area contributed by atoms with Gasteiger partial charge in [-0.1, -0.05) is 0 Å². The molecule has 1 atom stereocenters. The van der Waals surface area contributed by atoms with Crippen molar-refractivity contribution < 1.29 is 9.53 Å². The highest BCUT2D eigenvalue weighted by atomic mass is 16.5. The van der Waals surface area contributed by atoms with Crippen molar-refractivity contribution in [3.63, 3.8) is 0 Å². The lowest BCUT2D eigenvalue weighted by molar-refractivity contribution is -0.131. The molecule has 1 amide bonds. The Labute approximate surface area is 80.0 Å². The SMILES string of the molecule is COCCCC(=O)N(C)C(C)CN. The Kier molecular flexibility index (Phi) is 6.54. The van der Waals surface area contributed by atoms with Crippen molar-refractivity contribution in [2.45, 2.75) is 25.8 Å². The van der Waals surface area contributed by atoms with Crippen LogP contribution in [-0.4, -0.2) is 44.2 Å². The molecule has 0 heterocycles. The first-order valence-electron chi connectivity index (χ1n) is 4.58. The van der Waals surface area contributed by atoms with Gasteiger partial charge < -0.3 is 15.4 Å². The van der Waals surface area contributed by atoms with Crippen LogP contribution in [0.25, 0.3) is 0 Å². The van der Waals surface area contributed by atoms with E-state index in [0.717, 1.165) is 6.42 Å². The molecule has 2 N–H and O–H groups in total. The lowest BCUT2D eigenvalue weighted by Gasteiger charge is -2.23. The van der Waals surface area contributed by atoms with Gasteiger partial charge in [0.05, 0.1) is 0 Å². The number of amides is 1. The van der Waals surface area contributed by atoms with Gasteiger partial charge in [-0.15, -0.1) is 0 Å². The van der Waals surface area contributed by atoms with Crippen LogP contribution in [0.2, 0.25) is 0 Å². The first-order chi connectivity index (χ1) is 6.13. The van der Waals surface area contributed by atoms with Crippen LogP contribution in [-0.2, 0) is 9.53 Å². The largest absolute Gasteiger partial charge is 0.385 e. The summed E-state index contributed by atoms with van der Waals surface area (Å²) in [6.45, 7) is 3.08. The summed E-state index contributed by atoms with van der Waals surface area (Å²) in [5.41, 5.74) is 5.45. The summed E-state index contributed by atoms with van der Waals surface area (Å²) >= 11 is 0. The van der Waals surface area contributed by atoms with Crippen molar-refractivity contribution in [3.8, 4) is 0 Å². The molecule has 0 aliphatic rings. The third-order valence-corrected chi connectivity index (χ3v) is 2.13. The number of hydrogen-bond acceptors (Lipinski definition) is 3. The Bertz CT molecular complexity index is 151. The minimum absolute atomic E-state index is 0.120. The second-order valence-electron chi connectivity index (χ2n) is 3.19. The number of likely N-dealkylation sites (N-methyl/N-ethyl adjacent to an activating group) is 1. The number of nitrogens with zero attached hydrogens (tertiary/aromatic N) is 1. The molecule has 13 heavy (non-hydrogen) atoms. The summed E-state index contributed by atoms with van der Waals surface area (Å²) in [4.78, 5) is 13.1. The average Bonchev–Trinajstić information content (AvgIpc) is 2.15. The van der Waals surface area contributed by atoms with Gasteiger partial charge in [-0.3, -0.25) is 4.79 Å². The fourth-order valence-corrected chi connectivity index (χ4v) is 0.948. The van der Waals surface area contributed by atoms with Gasteiger partial charge in [-0.05, 0) is 13.3 Å². The Hall–Kier alpha value is -0.610. The third-order valence-electron chi connectivity index (χ3n) is 2.13. The van der Waals surface area contributed by atoms with Crippen molar-refractivity contribution in [2.75, 3.05) is 27.3 Å². The molecule has 4 nitrogen and oxygen atoms in total. The van der Waals surface area contributed by atoms with Crippen molar-refractivity contribution in [2.24, 2.45) is 5.73 Å². The summed E-state index contributed by atoms with van der Waals surface area (Å²) in [5, 5.41) is 0. The molecule has 0 bridgehead atoms. The highest BCUT2D eigenvalue weighted by Gasteiger charge is 2.13. The zero-order chi connectivity index (χ0) is 10.3. The Balaban J connectivity index is 3.69. The standard InChI is InChI=1S/C9H20N2O2/c1-8(7-10)11(2)9(12)5-4-6-13-3/h8H,4-7,10H2,1-3H3. The highest BCUT2D eigenvalue weighted by Crippen LogP contribution is 2.00. The third kappa shape index (κ3) is 4.85. The topological polar surface area (TPSA) is 55.6 Å². The van der Waals surface area contributed by atoms with Crippen LogP contribution in [0.15, 0.2) is 0 Å². The van der Waals surface area contributed by atoms with Gasteiger partial charge in [0, 0.05) is 39.8 Å². The molecule has 0 saturated carbocycles. The molecule has 0 aliphatic carbocycles. The molecule has 0 radical (unpaired) electrons. The van der Waals surface area contributed by atoms with Crippen LogP contribution in [0.5, 0.6) is 0 Å². The van der Waals surface area contributed by atoms with Gasteiger partial charge >= 0.3 is 0 Å². The van der Waals surface area contributed by atoms with E-state index in [4.69, 9.17) is 10.5 Å². The number of methoxy groups -OCH3 is 1. The monoisotopic (exact) mass is 188 g/mol. The molecule has 0 rings (SSSR count). The van der Waals surface area contributed by atoms with Crippen LogP contribution in [0, 0.1) is 0 Å². The maximum Gasteiger partial charge on any atom is 0.222 e. The number of nitrogens with two attached hydrogens (primary N) is 1. The van der Waals surface area contributed by atoms with Crippen molar-refractivity contribution in [3.05, 3.63) is 0 Å². The Morgan fingerprint density at radius 1 is 1.62 bits per heavy atom. The second-order valence-corrected chi connectivity index (χ2v) is 3.19. The molecule has 0 aliphatic heterocycles. The molecule has 1 unspecified atom stereocenters. The van der Waals surface area contributed by atoms with E-state index in [0.29, 0.717) is 19.6 Å². The predicted octanol–water partition coefficient (Wildman–Crippen LogP) is 0.219. The quantitative estimate of drug-likeness (QED) is 0.607. The van der Waals surface area contributed by atoms with E-state index in [9.17, 15) is 4.79 Å². The van der Waals surface area contributed by atoms with Crippen LogP contribution in [0.1, 0.15) is 19.8 Å². The summed E-state index contributed by atoms with van der Waals surface area (Å²) < 4.78 is 4.86. The number of carbonyl (C=O) groups is 1. The average molecular weight is 188 g/mol. The molecule has 0 aromatic heterocycles. The van der Waals surface area contributed by atoms with E-state index in [-0.39, 0.29) is 11.9 Å². The molecule has 0 fully saturated rings. The summed E-state index contributed by atoms with van der Waals surface area (Å²) in [5.74, 6) is 0.134. The smallest absolute Gasteiger partial charge is 0.222 e. The first-order valence-corrected chi connectivity index (χ1v) is 4.58. The molecule has 0 spiro atoms. The lowest BCUT2D eigenvalue weighted by atomic mass is 10.2. The zero-order valence-corrected chi connectivity index (χ0v) is 8.75. The Morgan fingerprint density at radius 3 is 2.69 bits per heavy atom. The number of hydrogen-bond donors (Lipinski definition) is 1. The zero-order valence-electron chi connectivity index (χ0n) is 8.75. The molecular formula is C9H20N2O2. The van der Waals surface area contributed by atoms with Crippen LogP contribution in [0.3, 0.4) is 0 Å². The van der Waals surface area contributed by atoms with Gasteiger partial charge in [0.1, 0.15) is 0 Å². The fraction of sp³-hybridized carbons (Fsp3) is 0.889. The van der Waals surface area contributed by atoms with Crippen LogP contribution in [0.4, 0.5) is 0 Å². The van der Waals surface area contributed by atoms with Gasteiger partial charge in [0.2, 0.25) is 5.91 Å². The van der Waals surface area contributed by atoms with E-state index in [1.54, 1.807) is 19.1 Å². The predicted molar refractivity (Wildman–Crippen MR) is 52.4 cm³/mol. The van der Waals surface area contributed by atoms with Gasteiger partial charge in [0.15, 0.2) is 0 Å². The van der Waals surface area contributed by atoms with E-state index >= 15 is 0 Å². The minimum atomic E-state index is 0.120. The first kappa shape index (κ1) is 12.4. The Morgan fingerprint density at radius 2 is 2.23 bits per heavy atom. The highest BCUT2D eigenvalue weighted by molar-refractivity contribution is 5.76. The van der Waals surface area contributed by atoms with Gasteiger partial charge in [-0.25, -0.2) is 0 Å². The molecule has 0 saturated heterocycles. The molecular weight excluding hydrogens is 168 g/mol. The molecule has 78 valence electrons. The summed E-state index contributed by atoms with van der Waals surface area (Å²) in [6.07, 6.45) is 1.31. The summed E-state index contributed by atoms with van der Waals surface area (Å²) in [7, 11) is 3.42. The van der Waals surface area contributed by atoms with Crippen molar-refractivity contribution in [1.29, 1.82) is 0 Å². The normalized spacial score (nSPS) is 12.6. The van der Waals surface area contributed by atoms with Crippen LogP contribution >= 0.6 is 0 Å². The number of ether oxygens (including phenoxy) is 1. The molecule has 0 aromatic rings. The lowest BCUT2D eigenvalue weighted by Crippen LogP contribution is -2.39. The maximum absolute atomic E-state index is 11.4. The van der Waals surface area contributed by atoms with E-state index in [1.807, 2.05) is 6.92 Å². The summed E-state index contributed by atoms with van der Waals surface area (Å²) in [6, 6.07) is 0.120. The van der Waals surface area contributed by atoms with E-state index in [1.165, 1.54) is 0 Å². The van der Waals surface area contributed by atoms with Gasteiger partial charge in [-0.2, -0.15) is 0 Å². The maximum atomic E-state index is 11.4. The van der Waals surface area contributed by atoms with Gasteiger partial charge in [0.25, 0.3) is 0 Å². The van der Waals surface area contributed by atoms with Crippen molar-refractivity contribution in [1.82, 2.24) is 4.90 Å². The number of carbonyl (C=O) groups excluding carboxylic acids is 1.